The fraction of sp³-hybridized carbons (Fsp3) is 0.875. The van der Waals surface area contributed by atoms with Gasteiger partial charge in [0.05, 0.1) is 0 Å². The molecule has 0 aromatic heterocycles. The summed E-state index contributed by atoms with van der Waals surface area (Å²) in [6.07, 6.45) is 17.5. The van der Waals surface area contributed by atoms with E-state index in [0.717, 1.165) is 109 Å². The van der Waals surface area contributed by atoms with Crippen LogP contribution in [-0.4, -0.2) is 77.0 Å². The summed E-state index contributed by atoms with van der Waals surface area (Å²) in [6.45, 7) is 20.3. The van der Waals surface area contributed by atoms with Crippen molar-refractivity contribution in [1.82, 2.24) is 0 Å². The first kappa shape index (κ1) is 53.2. The van der Waals surface area contributed by atoms with Crippen LogP contribution in [0.2, 0.25) is 0 Å². The van der Waals surface area contributed by atoms with Crippen molar-refractivity contribution in [2.24, 2.45) is 29.6 Å². The van der Waals surface area contributed by atoms with Crippen LogP contribution < -0.4 is 0 Å². The van der Waals surface area contributed by atoms with Gasteiger partial charge in [-0.3, -0.25) is 0 Å². The van der Waals surface area contributed by atoms with E-state index in [1.54, 1.807) is 0 Å². The van der Waals surface area contributed by atoms with E-state index in [1.165, 1.54) is 0 Å². The van der Waals surface area contributed by atoms with Gasteiger partial charge in [0.25, 0.3) is 0 Å². The Morgan fingerprint density at radius 3 is 0.788 bits per heavy atom. The molecule has 0 amide bonds. The molecule has 5 unspecified atom stereocenters. The van der Waals surface area contributed by atoms with E-state index in [9.17, 15) is 24.0 Å². The molecule has 1 radical (unpaired) electrons. The standard InChI is InChI=1S/5C8H16O2.2Bi/c5*1-3-5-6-7(4-2)8(9)10;;/h5*7H,3-6H2,1-2H3,(H,9,10);;/q;;;;;+2;+3/p-5. The number of rotatable bonds is 30. The van der Waals surface area contributed by atoms with Gasteiger partial charge in [0, 0.05) is 0 Å². The maximum atomic E-state index is 12.7. The van der Waals surface area contributed by atoms with Crippen LogP contribution in [0, 0.1) is 29.6 Å². The first-order valence-electron chi connectivity index (χ1n) is 20.6. The van der Waals surface area contributed by atoms with E-state index in [0.29, 0.717) is 19.3 Å². The molecule has 305 valence electrons. The zero-order chi connectivity index (χ0) is 39.7. The minimum atomic E-state index is -4.04. The molecule has 0 aliphatic heterocycles. The third-order valence-corrected chi connectivity index (χ3v) is 15.2. The Labute approximate surface area is 340 Å². The van der Waals surface area contributed by atoms with Crippen LogP contribution in [0.5, 0.6) is 0 Å². The van der Waals surface area contributed by atoms with E-state index in [4.69, 9.17) is 14.1 Å². The number of hydrogen-bond acceptors (Lipinski definition) is 10. The van der Waals surface area contributed by atoms with Crippen molar-refractivity contribution in [2.75, 3.05) is 0 Å². The van der Waals surface area contributed by atoms with Crippen LogP contribution in [0.1, 0.15) is 198 Å². The Balaban J connectivity index is 0. The molecule has 0 saturated heterocycles. The molecule has 0 aromatic carbocycles. The van der Waals surface area contributed by atoms with Crippen molar-refractivity contribution in [1.29, 1.82) is 0 Å². The van der Waals surface area contributed by atoms with Gasteiger partial charge < -0.3 is 0 Å². The molecule has 0 heterocycles. The predicted molar refractivity (Wildman–Crippen MR) is 208 cm³/mol. The van der Waals surface area contributed by atoms with Crippen molar-refractivity contribution in [2.45, 2.75) is 198 Å². The molecular weight excluding hydrogens is 1060 g/mol. The Kier molecular flexibility index (Phi) is 36.6. The SMILES string of the molecule is CCCCC(CC)C(=O)[O][Bi]([O]C(=O)C(CC)CCCC)[O]C(=O)C(CC)CCCC.CCCCC(CC)C(=O)[O][Bi][O]C(=O)C(CC)CCCC. The van der Waals surface area contributed by atoms with E-state index in [-0.39, 0.29) is 41.5 Å². The molecule has 5 atom stereocenters. The average Bonchev–Trinajstić information content (AvgIpc) is 3.13. The van der Waals surface area contributed by atoms with Gasteiger partial charge in [-0.2, -0.15) is 0 Å². The fourth-order valence-electron chi connectivity index (χ4n) is 5.44. The number of carbonyl (C=O) groups is 5. The molecule has 0 aliphatic carbocycles. The van der Waals surface area contributed by atoms with Crippen LogP contribution >= 0.6 is 0 Å². The first-order valence-corrected chi connectivity index (χ1v) is 27.6. The Bertz CT molecular complexity index is 848. The second-order valence-electron chi connectivity index (χ2n) is 13.6. The van der Waals surface area contributed by atoms with E-state index in [2.05, 4.69) is 34.6 Å². The molecule has 10 nitrogen and oxygen atoms in total. The quantitative estimate of drug-likeness (QED) is 0.0641. The van der Waals surface area contributed by atoms with Crippen LogP contribution in [0.25, 0.3) is 0 Å². The predicted octanol–water partition coefficient (Wildman–Crippen LogP) is 10.3. The van der Waals surface area contributed by atoms with Crippen LogP contribution in [0.4, 0.5) is 0 Å². The van der Waals surface area contributed by atoms with Crippen LogP contribution in [0.3, 0.4) is 0 Å². The third kappa shape index (κ3) is 25.2. The Hall–Kier alpha value is -0.884. The average molecular weight is 1130 g/mol. The number of unbranched alkanes of at least 4 members (excludes halogenated alkanes) is 5. The van der Waals surface area contributed by atoms with Gasteiger partial charge in [-0.15, -0.1) is 0 Å². The topological polar surface area (TPSA) is 132 Å². The molecule has 0 aliphatic rings. The summed E-state index contributed by atoms with van der Waals surface area (Å²) in [5, 5.41) is 0. The van der Waals surface area contributed by atoms with Crippen molar-refractivity contribution in [3.8, 4) is 0 Å². The monoisotopic (exact) mass is 1130 g/mol. The molecule has 0 N–H and O–H groups in total. The third-order valence-electron chi connectivity index (χ3n) is 9.41. The van der Waals surface area contributed by atoms with Crippen LogP contribution in [-0.2, 0) is 38.0 Å². The summed E-state index contributed by atoms with van der Waals surface area (Å²) >= 11 is -5.96. The molecule has 52 heavy (non-hydrogen) atoms. The number of hydrogen-bond donors (Lipinski definition) is 0. The van der Waals surface area contributed by atoms with Crippen molar-refractivity contribution in [3.05, 3.63) is 0 Å². The normalized spacial score (nSPS) is 13.8. The summed E-state index contributed by atoms with van der Waals surface area (Å²) in [5.74, 6) is -2.33. The van der Waals surface area contributed by atoms with Crippen LogP contribution in [0.15, 0.2) is 0 Å². The summed E-state index contributed by atoms with van der Waals surface area (Å²) in [4.78, 5) is 62.0. The first-order chi connectivity index (χ1) is 25.0. The number of carbonyl (C=O) groups excluding carboxylic acids is 5. The van der Waals surface area contributed by atoms with Gasteiger partial charge in [0.2, 0.25) is 0 Å². The summed E-state index contributed by atoms with van der Waals surface area (Å²) in [7, 11) is 0. The molecule has 0 spiro atoms. The van der Waals surface area contributed by atoms with Crippen molar-refractivity contribution in [3.63, 3.8) is 0 Å². The molecule has 12 heteroatoms. The molecule has 0 bridgehead atoms. The second kappa shape index (κ2) is 35.8. The van der Waals surface area contributed by atoms with Gasteiger partial charge in [0.1, 0.15) is 0 Å². The van der Waals surface area contributed by atoms with E-state index >= 15 is 0 Å². The van der Waals surface area contributed by atoms with Gasteiger partial charge in [-0.05, 0) is 0 Å². The summed E-state index contributed by atoms with van der Waals surface area (Å²) < 4.78 is 27.4. The maximum absolute atomic E-state index is 12.7. The Morgan fingerprint density at radius 1 is 0.385 bits per heavy atom. The van der Waals surface area contributed by atoms with Gasteiger partial charge in [-0.25, -0.2) is 0 Å². The molecule has 0 saturated carbocycles. The van der Waals surface area contributed by atoms with Crippen molar-refractivity contribution >= 4 is 77.0 Å². The fourth-order valence-corrected chi connectivity index (χ4v) is 11.2. The van der Waals surface area contributed by atoms with Gasteiger partial charge in [-0.1, -0.05) is 0 Å². The van der Waals surface area contributed by atoms with Gasteiger partial charge >= 0.3 is 342 Å². The molecule has 0 fully saturated rings. The minimum absolute atomic E-state index is 0.0329. The van der Waals surface area contributed by atoms with E-state index < -0.39 is 65.1 Å². The molecule has 0 rings (SSSR count). The molecular formula is C40H75Bi2O10. The van der Waals surface area contributed by atoms with Gasteiger partial charge in [0.15, 0.2) is 0 Å². The Morgan fingerprint density at radius 2 is 0.596 bits per heavy atom. The summed E-state index contributed by atoms with van der Waals surface area (Å²) in [5.41, 5.74) is 0. The summed E-state index contributed by atoms with van der Waals surface area (Å²) in [6, 6.07) is 0. The second-order valence-corrected chi connectivity index (χ2v) is 19.5. The van der Waals surface area contributed by atoms with Crippen molar-refractivity contribution < 1.29 is 38.0 Å². The molecule has 0 aromatic rings. The zero-order valence-corrected chi connectivity index (χ0v) is 41.5. The zero-order valence-electron chi connectivity index (χ0n) is 34.5. The van der Waals surface area contributed by atoms with E-state index in [1.807, 2.05) is 34.6 Å².